The molecular weight excluding hydrogens is 220 g/mol. The van der Waals surface area contributed by atoms with Crippen molar-refractivity contribution in [2.45, 2.75) is 13.8 Å². The molecule has 0 spiro atoms. The zero-order valence-corrected chi connectivity index (χ0v) is 10.1. The minimum Gasteiger partial charge on any atom is -0.477 e. The SMILES string of the molecule is CC.O=C(O)c1ccc(-c2ccccc2)s1. The Morgan fingerprint density at radius 1 is 1.06 bits per heavy atom. The molecule has 0 aliphatic rings. The predicted octanol–water partition coefficient (Wildman–Crippen LogP) is 4.14. The van der Waals surface area contributed by atoms with E-state index in [1.54, 1.807) is 6.07 Å². The van der Waals surface area contributed by atoms with Crippen LogP contribution in [0.15, 0.2) is 42.5 Å². The maximum atomic E-state index is 10.7. The topological polar surface area (TPSA) is 37.3 Å². The average Bonchev–Trinajstić information content (AvgIpc) is 2.82. The van der Waals surface area contributed by atoms with E-state index in [1.807, 2.05) is 50.2 Å². The molecule has 1 N–H and O–H groups in total. The van der Waals surface area contributed by atoms with Gasteiger partial charge < -0.3 is 5.11 Å². The Morgan fingerprint density at radius 2 is 1.69 bits per heavy atom. The van der Waals surface area contributed by atoms with E-state index < -0.39 is 5.97 Å². The molecule has 3 heteroatoms. The van der Waals surface area contributed by atoms with Gasteiger partial charge in [0.2, 0.25) is 0 Å². The number of hydrogen-bond donors (Lipinski definition) is 1. The van der Waals surface area contributed by atoms with Crippen LogP contribution in [0, 0.1) is 0 Å². The van der Waals surface area contributed by atoms with Crippen molar-refractivity contribution in [3.63, 3.8) is 0 Å². The Labute approximate surface area is 99.2 Å². The van der Waals surface area contributed by atoms with Gasteiger partial charge in [-0.05, 0) is 17.7 Å². The summed E-state index contributed by atoms with van der Waals surface area (Å²) in [7, 11) is 0. The van der Waals surface area contributed by atoms with Gasteiger partial charge in [-0.2, -0.15) is 0 Å². The largest absolute Gasteiger partial charge is 0.477 e. The number of carboxylic acid groups (broad SMARTS) is 1. The lowest BCUT2D eigenvalue weighted by Crippen LogP contribution is -1.89. The van der Waals surface area contributed by atoms with Gasteiger partial charge in [0.15, 0.2) is 0 Å². The van der Waals surface area contributed by atoms with Crippen LogP contribution in [0.25, 0.3) is 10.4 Å². The zero-order chi connectivity index (χ0) is 12.0. The smallest absolute Gasteiger partial charge is 0.345 e. The fraction of sp³-hybridized carbons (Fsp3) is 0.154. The molecule has 2 aromatic rings. The third kappa shape index (κ3) is 2.94. The van der Waals surface area contributed by atoms with Gasteiger partial charge in [0.1, 0.15) is 4.88 Å². The Bertz CT molecular complexity index is 446. The molecule has 1 aromatic carbocycles. The molecule has 2 rings (SSSR count). The van der Waals surface area contributed by atoms with Crippen molar-refractivity contribution in [2.24, 2.45) is 0 Å². The summed E-state index contributed by atoms with van der Waals surface area (Å²) in [5.41, 5.74) is 1.06. The third-order valence-electron chi connectivity index (χ3n) is 1.88. The lowest BCUT2D eigenvalue weighted by Gasteiger charge is -1.93. The maximum absolute atomic E-state index is 10.7. The van der Waals surface area contributed by atoms with E-state index in [0.717, 1.165) is 10.4 Å². The summed E-state index contributed by atoms with van der Waals surface area (Å²) >= 11 is 1.29. The first-order valence-electron chi connectivity index (χ1n) is 5.16. The number of carboxylic acids is 1. The van der Waals surface area contributed by atoms with Gasteiger partial charge in [-0.25, -0.2) is 4.79 Å². The molecule has 0 saturated carbocycles. The van der Waals surface area contributed by atoms with Gasteiger partial charge in [0.25, 0.3) is 0 Å². The van der Waals surface area contributed by atoms with Gasteiger partial charge in [0.05, 0.1) is 0 Å². The summed E-state index contributed by atoms with van der Waals surface area (Å²) in [6.07, 6.45) is 0. The first kappa shape index (κ1) is 12.5. The Kier molecular flexibility index (Phi) is 4.73. The number of aromatic carboxylic acids is 1. The van der Waals surface area contributed by atoms with Crippen molar-refractivity contribution in [3.8, 4) is 10.4 Å². The maximum Gasteiger partial charge on any atom is 0.345 e. The van der Waals surface area contributed by atoms with Gasteiger partial charge in [0, 0.05) is 4.88 Å². The van der Waals surface area contributed by atoms with Crippen molar-refractivity contribution in [2.75, 3.05) is 0 Å². The highest BCUT2D eigenvalue weighted by molar-refractivity contribution is 7.17. The number of benzene rings is 1. The van der Waals surface area contributed by atoms with E-state index in [4.69, 9.17) is 5.11 Å². The second-order valence-electron chi connectivity index (χ2n) is 2.84. The van der Waals surface area contributed by atoms with Crippen molar-refractivity contribution in [1.82, 2.24) is 0 Å². The van der Waals surface area contributed by atoms with E-state index >= 15 is 0 Å². The standard InChI is InChI=1S/C11H8O2S.C2H6/c12-11(13)10-7-6-9(14-10)8-4-2-1-3-5-8;1-2/h1-7H,(H,12,13);1-2H3. The highest BCUT2D eigenvalue weighted by atomic mass is 32.1. The Morgan fingerprint density at radius 3 is 2.19 bits per heavy atom. The van der Waals surface area contributed by atoms with E-state index in [-0.39, 0.29) is 0 Å². The van der Waals surface area contributed by atoms with Gasteiger partial charge in [-0.1, -0.05) is 44.2 Å². The lowest BCUT2D eigenvalue weighted by atomic mass is 10.2. The molecule has 16 heavy (non-hydrogen) atoms. The van der Waals surface area contributed by atoms with Crippen LogP contribution in [-0.4, -0.2) is 11.1 Å². The van der Waals surface area contributed by atoms with Crippen molar-refractivity contribution >= 4 is 17.3 Å². The van der Waals surface area contributed by atoms with Crippen LogP contribution in [0.4, 0.5) is 0 Å². The van der Waals surface area contributed by atoms with E-state index in [1.165, 1.54) is 11.3 Å². The molecule has 84 valence electrons. The summed E-state index contributed by atoms with van der Waals surface area (Å²) in [6.45, 7) is 4.00. The molecule has 0 fully saturated rings. The fourth-order valence-electron chi connectivity index (χ4n) is 1.21. The van der Waals surface area contributed by atoms with Crippen LogP contribution in [0.2, 0.25) is 0 Å². The molecule has 0 atom stereocenters. The number of carbonyl (C=O) groups is 1. The normalized spacial score (nSPS) is 9.12. The number of rotatable bonds is 2. The molecule has 0 amide bonds. The van der Waals surface area contributed by atoms with Gasteiger partial charge in [-0.3, -0.25) is 0 Å². The Hall–Kier alpha value is -1.61. The van der Waals surface area contributed by atoms with Crippen LogP contribution in [0.3, 0.4) is 0 Å². The monoisotopic (exact) mass is 234 g/mol. The summed E-state index contributed by atoms with van der Waals surface area (Å²) in [6, 6.07) is 13.2. The summed E-state index contributed by atoms with van der Waals surface area (Å²) in [5.74, 6) is -0.864. The minimum absolute atomic E-state index is 0.379. The molecule has 0 aliphatic heterocycles. The van der Waals surface area contributed by atoms with E-state index in [9.17, 15) is 4.79 Å². The lowest BCUT2D eigenvalue weighted by molar-refractivity contribution is 0.0702. The molecule has 0 bridgehead atoms. The molecule has 0 aliphatic carbocycles. The summed E-state index contributed by atoms with van der Waals surface area (Å²) < 4.78 is 0. The number of thiophene rings is 1. The van der Waals surface area contributed by atoms with Crippen LogP contribution >= 0.6 is 11.3 Å². The van der Waals surface area contributed by atoms with Crippen LogP contribution in [0.5, 0.6) is 0 Å². The van der Waals surface area contributed by atoms with E-state index in [2.05, 4.69) is 0 Å². The molecule has 1 aromatic heterocycles. The molecular formula is C13H14O2S. The van der Waals surface area contributed by atoms with Crippen LogP contribution in [0.1, 0.15) is 23.5 Å². The third-order valence-corrected chi connectivity index (χ3v) is 3.00. The van der Waals surface area contributed by atoms with Gasteiger partial charge in [-0.15, -0.1) is 11.3 Å². The number of hydrogen-bond acceptors (Lipinski definition) is 2. The molecule has 0 radical (unpaired) electrons. The molecule has 2 nitrogen and oxygen atoms in total. The van der Waals surface area contributed by atoms with Crippen molar-refractivity contribution in [1.29, 1.82) is 0 Å². The van der Waals surface area contributed by atoms with Crippen molar-refractivity contribution in [3.05, 3.63) is 47.3 Å². The van der Waals surface area contributed by atoms with Crippen molar-refractivity contribution < 1.29 is 9.90 Å². The van der Waals surface area contributed by atoms with Crippen LogP contribution in [-0.2, 0) is 0 Å². The molecule has 0 saturated heterocycles. The van der Waals surface area contributed by atoms with Crippen LogP contribution < -0.4 is 0 Å². The summed E-state index contributed by atoms with van der Waals surface area (Å²) in [5, 5.41) is 8.76. The highest BCUT2D eigenvalue weighted by Gasteiger charge is 2.07. The quantitative estimate of drug-likeness (QED) is 0.848. The predicted molar refractivity (Wildman–Crippen MR) is 68.1 cm³/mol. The van der Waals surface area contributed by atoms with Gasteiger partial charge >= 0.3 is 5.97 Å². The second-order valence-corrected chi connectivity index (χ2v) is 3.92. The zero-order valence-electron chi connectivity index (χ0n) is 9.31. The fourth-order valence-corrected chi connectivity index (χ4v) is 2.06. The van der Waals surface area contributed by atoms with E-state index in [0.29, 0.717) is 4.88 Å². The minimum atomic E-state index is -0.864. The summed E-state index contributed by atoms with van der Waals surface area (Å²) in [4.78, 5) is 12.0. The molecule has 0 unspecified atom stereocenters. The first-order valence-corrected chi connectivity index (χ1v) is 5.97. The Balaban J connectivity index is 0.000000606. The second kappa shape index (κ2) is 6.08. The highest BCUT2D eigenvalue weighted by Crippen LogP contribution is 2.27. The first-order chi connectivity index (χ1) is 7.77. The molecule has 1 heterocycles. The average molecular weight is 234 g/mol.